The molecular weight excluding hydrogens is 334 g/mol. The van der Waals surface area contributed by atoms with Crippen LogP contribution in [0.1, 0.15) is 18.1 Å². The quantitative estimate of drug-likeness (QED) is 0.408. The Kier molecular flexibility index (Phi) is 6.26. The normalized spacial score (nSPS) is 12.0. The lowest BCUT2D eigenvalue weighted by Gasteiger charge is -2.13. The molecule has 0 spiro atoms. The van der Waals surface area contributed by atoms with Gasteiger partial charge < -0.3 is 21.6 Å². The molecule has 0 aliphatic rings. The average Bonchev–Trinajstić information content (AvgIpc) is 2.59. The number of nitrogen functional groups attached to an aromatic ring is 2. The molecule has 8 heteroatoms. The van der Waals surface area contributed by atoms with Crippen molar-refractivity contribution >= 4 is 35.6 Å². The molecule has 1 aromatic heterocycles. The van der Waals surface area contributed by atoms with Crippen LogP contribution in [0.15, 0.2) is 35.1 Å². The number of aromatic nitrogens is 2. The minimum atomic E-state index is -0.457. The number of nitrogens with zero attached hydrogens (tertiary/aromatic N) is 1. The van der Waals surface area contributed by atoms with Crippen molar-refractivity contribution in [3.8, 4) is 0 Å². The molecule has 0 amide bonds. The van der Waals surface area contributed by atoms with Crippen molar-refractivity contribution in [1.82, 2.24) is 9.97 Å². The monoisotopic (exact) mass is 355 g/mol. The summed E-state index contributed by atoms with van der Waals surface area (Å²) in [5.74, 6) is -0.510. The summed E-state index contributed by atoms with van der Waals surface area (Å²) in [4.78, 5) is 40.4. The van der Waals surface area contributed by atoms with Crippen molar-refractivity contribution in [3.63, 3.8) is 0 Å². The number of nitrogens with two attached hydrogens (primary N) is 2. The van der Waals surface area contributed by atoms with Gasteiger partial charge in [0.25, 0.3) is 5.56 Å². The number of aromatic amines is 1. The van der Waals surface area contributed by atoms with Gasteiger partial charge in [0.1, 0.15) is 12.1 Å². The minimum absolute atomic E-state index is 0.0209. The first-order valence-corrected chi connectivity index (χ1v) is 8.01. The summed E-state index contributed by atoms with van der Waals surface area (Å²) < 4.78 is 0. The topological polar surface area (TPSA) is 144 Å². The highest BCUT2D eigenvalue weighted by Gasteiger charge is 2.15. The van der Waals surface area contributed by atoms with Crippen LogP contribution in [0.3, 0.4) is 0 Å². The standard InChI is InChI=1S/C18H21N5O3/c1-11(25)2-3-12-4-6-14(7-5-12)21-9-13(10-24)8-15-16(19)22-18(20)23-17(15)26/h2-7,10,13,21H,8-9H2,1H3,(H5,19,20,22,23,26)/b3-2+. The summed E-state index contributed by atoms with van der Waals surface area (Å²) >= 11 is 0. The van der Waals surface area contributed by atoms with Gasteiger partial charge in [0.05, 0.1) is 5.56 Å². The zero-order valence-electron chi connectivity index (χ0n) is 14.4. The highest BCUT2D eigenvalue weighted by Crippen LogP contribution is 2.14. The van der Waals surface area contributed by atoms with E-state index in [2.05, 4.69) is 15.3 Å². The fraction of sp³-hybridized carbons (Fsp3) is 0.222. The number of allylic oxidation sites excluding steroid dienone is 1. The van der Waals surface area contributed by atoms with E-state index in [-0.39, 0.29) is 29.5 Å². The average molecular weight is 355 g/mol. The van der Waals surface area contributed by atoms with Crippen molar-refractivity contribution in [2.45, 2.75) is 13.3 Å². The number of hydrogen-bond donors (Lipinski definition) is 4. The van der Waals surface area contributed by atoms with Crippen molar-refractivity contribution in [2.24, 2.45) is 5.92 Å². The fourth-order valence-corrected chi connectivity index (χ4v) is 2.34. The molecule has 26 heavy (non-hydrogen) atoms. The van der Waals surface area contributed by atoms with E-state index in [0.717, 1.165) is 17.5 Å². The van der Waals surface area contributed by atoms with Gasteiger partial charge >= 0.3 is 0 Å². The molecule has 2 rings (SSSR count). The Hall–Kier alpha value is -3.42. The summed E-state index contributed by atoms with van der Waals surface area (Å²) in [6.45, 7) is 1.82. The fourth-order valence-electron chi connectivity index (χ4n) is 2.34. The number of benzene rings is 1. The van der Waals surface area contributed by atoms with E-state index in [1.165, 1.54) is 13.0 Å². The van der Waals surface area contributed by atoms with Crippen LogP contribution in [0.4, 0.5) is 17.5 Å². The van der Waals surface area contributed by atoms with Gasteiger partial charge in [-0.2, -0.15) is 4.98 Å². The Morgan fingerprint density at radius 2 is 2.00 bits per heavy atom. The van der Waals surface area contributed by atoms with Crippen LogP contribution in [0.2, 0.25) is 0 Å². The lowest BCUT2D eigenvalue weighted by molar-refractivity contribution is -0.112. The third-order valence-corrected chi connectivity index (χ3v) is 3.71. The summed E-state index contributed by atoms with van der Waals surface area (Å²) in [5.41, 5.74) is 12.7. The van der Waals surface area contributed by atoms with E-state index in [9.17, 15) is 14.4 Å². The molecule has 6 N–H and O–H groups in total. The van der Waals surface area contributed by atoms with Gasteiger partial charge in [-0.1, -0.05) is 18.2 Å². The Bertz CT molecular complexity index is 871. The molecule has 1 unspecified atom stereocenters. The van der Waals surface area contributed by atoms with Crippen molar-refractivity contribution < 1.29 is 9.59 Å². The molecule has 0 radical (unpaired) electrons. The van der Waals surface area contributed by atoms with E-state index in [1.807, 2.05) is 24.3 Å². The van der Waals surface area contributed by atoms with Gasteiger partial charge in [0.15, 0.2) is 5.78 Å². The van der Waals surface area contributed by atoms with E-state index >= 15 is 0 Å². The van der Waals surface area contributed by atoms with Crippen LogP contribution in [0, 0.1) is 5.92 Å². The molecular formula is C18H21N5O3. The molecule has 0 bridgehead atoms. The Labute approximate surface area is 150 Å². The number of ketones is 1. The van der Waals surface area contributed by atoms with Gasteiger partial charge in [-0.25, -0.2) is 0 Å². The SMILES string of the molecule is CC(=O)/C=C/c1ccc(NCC(C=O)Cc2c(N)nc(N)[nH]c2=O)cc1. The second-order valence-corrected chi connectivity index (χ2v) is 5.86. The number of rotatable bonds is 8. The third kappa shape index (κ3) is 5.30. The number of carbonyl (C=O) groups excluding carboxylic acids is 2. The second-order valence-electron chi connectivity index (χ2n) is 5.86. The predicted molar refractivity (Wildman–Crippen MR) is 102 cm³/mol. The van der Waals surface area contributed by atoms with Crippen molar-refractivity contribution in [3.05, 3.63) is 51.8 Å². The summed E-state index contributed by atoms with van der Waals surface area (Å²) in [5, 5.41) is 3.14. The molecule has 8 nitrogen and oxygen atoms in total. The maximum atomic E-state index is 11.9. The van der Waals surface area contributed by atoms with E-state index in [4.69, 9.17) is 11.5 Å². The summed E-state index contributed by atoms with van der Waals surface area (Å²) in [6.07, 6.45) is 4.15. The Balaban J connectivity index is 2.00. The highest BCUT2D eigenvalue weighted by molar-refractivity contribution is 5.91. The number of hydrogen-bond acceptors (Lipinski definition) is 7. The molecule has 0 fully saturated rings. The first-order valence-electron chi connectivity index (χ1n) is 8.01. The van der Waals surface area contributed by atoms with Gasteiger partial charge in [0.2, 0.25) is 5.95 Å². The predicted octanol–water partition coefficient (Wildman–Crippen LogP) is 1.01. The molecule has 0 aliphatic heterocycles. The van der Waals surface area contributed by atoms with Gasteiger partial charge in [-0.05, 0) is 37.1 Å². The van der Waals surface area contributed by atoms with Crippen LogP contribution in [0.5, 0.6) is 0 Å². The van der Waals surface area contributed by atoms with Crippen LogP contribution < -0.4 is 22.3 Å². The van der Waals surface area contributed by atoms with Crippen LogP contribution in [-0.4, -0.2) is 28.6 Å². The summed E-state index contributed by atoms with van der Waals surface area (Å²) in [7, 11) is 0. The number of aldehydes is 1. The van der Waals surface area contributed by atoms with Gasteiger partial charge in [-0.15, -0.1) is 0 Å². The zero-order valence-corrected chi connectivity index (χ0v) is 14.4. The maximum absolute atomic E-state index is 11.9. The second kappa shape index (κ2) is 8.61. The molecule has 0 aliphatic carbocycles. The van der Waals surface area contributed by atoms with Gasteiger partial charge in [0, 0.05) is 18.2 Å². The highest BCUT2D eigenvalue weighted by atomic mass is 16.1. The lowest BCUT2D eigenvalue weighted by Crippen LogP contribution is -2.25. The molecule has 0 saturated carbocycles. The third-order valence-electron chi connectivity index (χ3n) is 3.71. The molecule has 0 saturated heterocycles. The van der Waals surface area contributed by atoms with E-state index in [0.29, 0.717) is 6.54 Å². The van der Waals surface area contributed by atoms with E-state index < -0.39 is 11.5 Å². The number of carbonyl (C=O) groups is 2. The number of H-pyrrole nitrogens is 1. The van der Waals surface area contributed by atoms with Gasteiger partial charge in [-0.3, -0.25) is 14.6 Å². The Morgan fingerprint density at radius 1 is 1.31 bits per heavy atom. The maximum Gasteiger partial charge on any atom is 0.257 e. The first-order chi connectivity index (χ1) is 12.4. The van der Waals surface area contributed by atoms with Crippen LogP contribution in [0.25, 0.3) is 6.08 Å². The molecule has 2 aromatic rings. The molecule has 136 valence electrons. The zero-order chi connectivity index (χ0) is 19.1. The summed E-state index contributed by atoms with van der Waals surface area (Å²) in [6, 6.07) is 7.38. The molecule has 1 atom stereocenters. The largest absolute Gasteiger partial charge is 0.384 e. The molecule has 1 heterocycles. The number of anilines is 3. The molecule has 1 aromatic carbocycles. The van der Waals surface area contributed by atoms with Crippen LogP contribution in [-0.2, 0) is 16.0 Å². The Morgan fingerprint density at radius 3 is 2.58 bits per heavy atom. The first kappa shape index (κ1) is 18.9. The van der Waals surface area contributed by atoms with Crippen molar-refractivity contribution in [1.29, 1.82) is 0 Å². The lowest BCUT2D eigenvalue weighted by atomic mass is 10.0. The van der Waals surface area contributed by atoms with Crippen molar-refractivity contribution in [2.75, 3.05) is 23.3 Å². The minimum Gasteiger partial charge on any atom is -0.384 e. The number of nitrogens with one attached hydrogen (secondary N) is 2. The van der Waals surface area contributed by atoms with E-state index in [1.54, 1.807) is 6.08 Å². The smallest absolute Gasteiger partial charge is 0.257 e. The van der Waals surface area contributed by atoms with Crippen LogP contribution >= 0.6 is 0 Å².